The first-order valence-electron chi connectivity index (χ1n) is 11.4. The van der Waals surface area contributed by atoms with Crippen LogP contribution in [-0.4, -0.2) is 21.6 Å². The summed E-state index contributed by atoms with van der Waals surface area (Å²) < 4.78 is 1.62. The van der Waals surface area contributed by atoms with E-state index in [-0.39, 0.29) is 18.0 Å². The fourth-order valence-electron chi connectivity index (χ4n) is 4.76. The number of carboxylic acids is 1. The van der Waals surface area contributed by atoms with Gasteiger partial charge in [-0.15, -0.1) is 0 Å². The van der Waals surface area contributed by atoms with Crippen molar-refractivity contribution in [1.82, 2.24) is 4.57 Å². The Bertz CT molecular complexity index is 1520. The lowest BCUT2D eigenvalue weighted by Gasteiger charge is -2.28. The van der Waals surface area contributed by atoms with Gasteiger partial charge < -0.3 is 14.6 Å². The molecule has 0 unspecified atom stereocenters. The normalized spacial score (nSPS) is 13.3. The molecule has 0 saturated heterocycles. The molecule has 1 N–H and O–H groups in total. The molecule has 1 aromatic heterocycles. The molecule has 4 aromatic rings. The lowest BCUT2D eigenvalue weighted by atomic mass is 9.95. The van der Waals surface area contributed by atoms with Crippen molar-refractivity contribution >= 4 is 34.5 Å². The van der Waals surface area contributed by atoms with Crippen LogP contribution in [0.1, 0.15) is 22.3 Å². The van der Waals surface area contributed by atoms with E-state index in [1.807, 2.05) is 66.7 Å². The molecule has 0 saturated carbocycles. The van der Waals surface area contributed by atoms with Gasteiger partial charge in [-0.3, -0.25) is 9.59 Å². The number of aryl methyl sites for hydroxylation is 2. The third-order valence-electron chi connectivity index (χ3n) is 6.41. The predicted octanol–water partition coefficient (Wildman–Crippen LogP) is 4.96. The molecule has 1 aliphatic rings. The summed E-state index contributed by atoms with van der Waals surface area (Å²) in [4.78, 5) is 26.8. The van der Waals surface area contributed by atoms with Gasteiger partial charge in [-0.25, -0.2) is 0 Å². The summed E-state index contributed by atoms with van der Waals surface area (Å²) in [5.41, 5.74) is 5.48. The van der Waals surface area contributed by atoms with Gasteiger partial charge >= 0.3 is 5.97 Å². The average molecular weight is 462 g/mol. The number of fused-ring (bicyclic) bond motifs is 3. The van der Waals surface area contributed by atoms with E-state index in [1.165, 1.54) is 5.56 Å². The third kappa shape index (κ3) is 4.32. The van der Waals surface area contributed by atoms with Crippen molar-refractivity contribution in [3.05, 3.63) is 107 Å². The lowest BCUT2D eigenvalue weighted by molar-refractivity contribution is -0.137. The topological polar surface area (TPSA) is 86.3 Å². The Morgan fingerprint density at radius 3 is 2.34 bits per heavy atom. The molecule has 3 aromatic carbocycles. The molecule has 35 heavy (non-hydrogen) atoms. The van der Waals surface area contributed by atoms with Crippen LogP contribution in [0, 0.1) is 11.3 Å². The number of hydrogen-bond donors (Lipinski definition) is 1. The van der Waals surface area contributed by atoms with Crippen LogP contribution in [0.5, 0.6) is 0 Å². The Labute approximate surface area is 203 Å². The molecule has 0 fully saturated rings. The van der Waals surface area contributed by atoms with Crippen LogP contribution in [0.4, 0.5) is 5.69 Å². The van der Waals surface area contributed by atoms with Gasteiger partial charge in [0.25, 0.3) is 5.91 Å². The molecule has 2 heterocycles. The number of aromatic nitrogens is 1. The number of carbonyl (C=O) groups excluding carboxylic acids is 1. The maximum atomic E-state index is 13.8. The van der Waals surface area contributed by atoms with Gasteiger partial charge in [0, 0.05) is 28.4 Å². The summed E-state index contributed by atoms with van der Waals surface area (Å²) in [7, 11) is 0. The van der Waals surface area contributed by atoms with E-state index in [1.54, 1.807) is 21.7 Å². The van der Waals surface area contributed by atoms with E-state index in [9.17, 15) is 20.0 Å². The largest absolute Gasteiger partial charge is 0.480 e. The zero-order chi connectivity index (χ0) is 24.4. The lowest BCUT2D eigenvalue weighted by Crippen LogP contribution is -2.33. The van der Waals surface area contributed by atoms with Crippen LogP contribution < -0.4 is 4.90 Å². The molecule has 0 radical (unpaired) electrons. The predicted molar refractivity (Wildman–Crippen MR) is 135 cm³/mol. The highest BCUT2D eigenvalue weighted by Gasteiger charge is 2.25. The highest BCUT2D eigenvalue weighted by Crippen LogP contribution is 2.30. The van der Waals surface area contributed by atoms with Gasteiger partial charge in [0.2, 0.25) is 0 Å². The number of amides is 1. The molecule has 172 valence electrons. The van der Waals surface area contributed by atoms with Gasteiger partial charge in [0.1, 0.15) is 18.2 Å². The summed E-state index contributed by atoms with van der Waals surface area (Å²) in [5.74, 6) is -1.35. The van der Waals surface area contributed by atoms with Crippen LogP contribution in [0.25, 0.3) is 17.0 Å². The molecular formula is C29H23N3O3. The van der Waals surface area contributed by atoms with Crippen molar-refractivity contribution in [2.24, 2.45) is 0 Å². The van der Waals surface area contributed by atoms with Crippen LogP contribution in [0.2, 0.25) is 0 Å². The zero-order valence-corrected chi connectivity index (χ0v) is 19.0. The zero-order valence-electron chi connectivity index (χ0n) is 19.0. The molecule has 6 nitrogen and oxygen atoms in total. The Hall–Kier alpha value is -4.63. The van der Waals surface area contributed by atoms with E-state index < -0.39 is 5.97 Å². The maximum absolute atomic E-state index is 13.8. The highest BCUT2D eigenvalue weighted by atomic mass is 16.4. The number of nitriles is 1. The van der Waals surface area contributed by atoms with Crippen molar-refractivity contribution in [1.29, 1.82) is 5.26 Å². The van der Waals surface area contributed by atoms with E-state index in [4.69, 9.17) is 0 Å². The minimum absolute atomic E-state index is 0.00362. The number of para-hydroxylation sites is 2. The molecule has 0 bridgehead atoms. The first kappa shape index (κ1) is 22.2. The number of rotatable bonds is 4. The summed E-state index contributed by atoms with van der Waals surface area (Å²) in [6.45, 7) is 0.159. The van der Waals surface area contributed by atoms with E-state index >= 15 is 0 Å². The molecule has 0 spiro atoms. The van der Waals surface area contributed by atoms with Crippen molar-refractivity contribution in [2.45, 2.75) is 25.9 Å². The van der Waals surface area contributed by atoms with Crippen molar-refractivity contribution in [3.63, 3.8) is 0 Å². The van der Waals surface area contributed by atoms with E-state index in [2.05, 4.69) is 12.1 Å². The van der Waals surface area contributed by atoms with Crippen LogP contribution in [0.3, 0.4) is 0 Å². The highest BCUT2D eigenvalue weighted by molar-refractivity contribution is 6.12. The Kier molecular flexibility index (Phi) is 5.90. The summed E-state index contributed by atoms with van der Waals surface area (Å²) in [6, 6.07) is 25.4. The van der Waals surface area contributed by atoms with Crippen molar-refractivity contribution in [3.8, 4) is 6.07 Å². The van der Waals surface area contributed by atoms with Gasteiger partial charge in [-0.2, -0.15) is 5.26 Å². The molecule has 1 aliphatic heterocycles. The summed E-state index contributed by atoms with van der Waals surface area (Å²) >= 11 is 0. The van der Waals surface area contributed by atoms with Crippen LogP contribution in [0.15, 0.2) is 84.6 Å². The quantitative estimate of drug-likeness (QED) is 0.344. The smallest absolute Gasteiger partial charge is 0.323 e. The minimum atomic E-state index is -0.964. The first-order valence-corrected chi connectivity index (χ1v) is 11.4. The van der Waals surface area contributed by atoms with E-state index in [0.29, 0.717) is 12.1 Å². The number of nitrogens with zero attached hydrogens (tertiary/aromatic N) is 3. The van der Waals surface area contributed by atoms with Gasteiger partial charge in [0.05, 0.1) is 6.54 Å². The maximum Gasteiger partial charge on any atom is 0.323 e. The number of carboxylic acid groups (broad SMARTS) is 1. The number of anilines is 1. The second-order valence-corrected chi connectivity index (χ2v) is 8.58. The Morgan fingerprint density at radius 2 is 1.57 bits per heavy atom. The minimum Gasteiger partial charge on any atom is -0.480 e. The molecule has 6 heteroatoms. The number of benzene rings is 3. The number of aliphatic carboxylic acids is 1. The summed E-state index contributed by atoms with van der Waals surface area (Å²) in [6.07, 6.45) is 4.93. The van der Waals surface area contributed by atoms with Gasteiger partial charge in [0.15, 0.2) is 0 Å². The van der Waals surface area contributed by atoms with Gasteiger partial charge in [-0.1, -0.05) is 60.7 Å². The number of hydrogen-bond acceptors (Lipinski definition) is 3. The molecule has 0 atom stereocenters. The van der Waals surface area contributed by atoms with Crippen LogP contribution in [-0.2, 0) is 35.5 Å². The standard InChI is InChI=1S/C29H23N3O3/c30-16-23(15-24-17-31(19-28(33)34)27-12-6-4-10-25(24)27)29(35)32-18-22-9-2-1-7-20(22)13-14-21-8-3-5-11-26(21)32/h1-12,15,17H,13-14,18-19H2,(H,33,34)/b23-15+. The van der Waals surface area contributed by atoms with Crippen molar-refractivity contribution in [2.75, 3.05) is 4.90 Å². The first-order chi connectivity index (χ1) is 17.0. The van der Waals surface area contributed by atoms with E-state index in [0.717, 1.165) is 40.6 Å². The van der Waals surface area contributed by atoms with Crippen molar-refractivity contribution < 1.29 is 14.7 Å². The second-order valence-electron chi connectivity index (χ2n) is 8.58. The molecule has 5 rings (SSSR count). The molecule has 0 aliphatic carbocycles. The SMILES string of the molecule is N#C/C(=C\c1cn(CC(=O)O)c2ccccc12)C(=O)N1Cc2ccccc2CCc2ccccc21. The number of carbonyl (C=O) groups is 2. The monoisotopic (exact) mass is 461 g/mol. The second kappa shape index (κ2) is 9.32. The average Bonchev–Trinajstić information content (AvgIpc) is 3.20. The third-order valence-corrected chi connectivity index (χ3v) is 6.41. The Morgan fingerprint density at radius 1 is 0.914 bits per heavy atom. The molecule has 1 amide bonds. The Balaban J connectivity index is 1.59. The fourth-order valence-corrected chi connectivity index (χ4v) is 4.76. The van der Waals surface area contributed by atoms with Crippen LogP contribution >= 0.6 is 0 Å². The summed E-state index contributed by atoms with van der Waals surface area (Å²) in [5, 5.41) is 20.1. The van der Waals surface area contributed by atoms with Gasteiger partial charge in [-0.05, 0) is 47.7 Å². The fraction of sp³-hybridized carbons (Fsp3) is 0.138. The molecular weight excluding hydrogens is 438 g/mol.